The molecule has 12 heteroatoms. The smallest absolute Gasteiger partial charge is 0.466 e. The number of ether oxygens (including phenoxy) is 3. The minimum Gasteiger partial charge on any atom is -0.466 e. The monoisotopic (exact) mass is 846 g/mol. The zero-order valence-corrected chi connectivity index (χ0v) is 37.5. The molecule has 0 spiro atoms. The van der Waals surface area contributed by atoms with E-state index < -0.39 is 32.5 Å². The van der Waals surface area contributed by atoms with E-state index >= 15 is 0 Å². The first-order valence-electron chi connectivity index (χ1n) is 22.2. The van der Waals surface area contributed by atoms with Crippen LogP contribution in [-0.4, -0.2) is 61.5 Å². The molecular weight excluding hydrogens is 769 g/mol. The first-order valence-corrected chi connectivity index (χ1v) is 23.7. The van der Waals surface area contributed by atoms with Gasteiger partial charge in [-0.1, -0.05) is 113 Å². The van der Waals surface area contributed by atoms with E-state index in [0.717, 1.165) is 101 Å². The largest absolute Gasteiger partial charge is 0.472 e. The lowest BCUT2D eigenvalue weighted by Crippen LogP contribution is -2.29. The highest BCUT2D eigenvalue weighted by Crippen LogP contribution is 2.43. The molecule has 0 radical (unpaired) electrons. The van der Waals surface area contributed by atoms with Gasteiger partial charge in [0.05, 0.1) is 25.4 Å². The Bertz CT molecular complexity index is 1500. The quantitative estimate of drug-likeness (QED) is 0.0217. The molecule has 11 nitrogen and oxygen atoms in total. The summed E-state index contributed by atoms with van der Waals surface area (Å²) in [5.74, 6) is 1.32. The van der Waals surface area contributed by atoms with E-state index in [1.54, 1.807) is 0 Å². The van der Waals surface area contributed by atoms with Gasteiger partial charge in [-0.05, 0) is 89.2 Å². The Morgan fingerprint density at radius 3 is 1.88 bits per heavy atom. The molecular formula is C47H76NO10P. The van der Waals surface area contributed by atoms with E-state index in [1.165, 1.54) is 24.0 Å². The lowest BCUT2D eigenvalue weighted by atomic mass is 10.0. The van der Waals surface area contributed by atoms with E-state index in [2.05, 4.69) is 76.3 Å². The molecule has 0 aromatic carbocycles. The van der Waals surface area contributed by atoms with Crippen molar-refractivity contribution in [2.24, 2.45) is 5.73 Å². The minimum absolute atomic E-state index is 0.0327. The third-order valence-electron chi connectivity index (χ3n) is 10.0. The summed E-state index contributed by atoms with van der Waals surface area (Å²) in [4.78, 5) is 35.0. The van der Waals surface area contributed by atoms with Gasteiger partial charge in [-0.15, -0.1) is 0 Å². The predicted molar refractivity (Wildman–Crippen MR) is 236 cm³/mol. The molecule has 1 saturated heterocycles. The molecule has 0 amide bonds. The average molecular weight is 846 g/mol. The number of rotatable bonds is 36. The number of hydrogen-bond acceptors (Lipinski definition) is 10. The summed E-state index contributed by atoms with van der Waals surface area (Å²) in [6, 6.07) is 0. The topological polar surface area (TPSA) is 160 Å². The molecule has 1 aliphatic heterocycles. The Hall–Kier alpha value is -3.05. The zero-order valence-electron chi connectivity index (χ0n) is 36.6. The van der Waals surface area contributed by atoms with Gasteiger partial charge in [0.2, 0.25) is 0 Å². The second-order valence-corrected chi connectivity index (χ2v) is 16.6. The van der Waals surface area contributed by atoms with Gasteiger partial charge in [0, 0.05) is 32.2 Å². The molecule has 0 aliphatic carbocycles. The summed E-state index contributed by atoms with van der Waals surface area (Å²) in [7, 11) is -4.41. The van der Waals surface area contributed by atoms with Gasteiger partial charge in [-0.3, -0.25) is 18.6 Å². The van der Waals surface area contributed by atoms with E-state index in [4.69, 9.17) is 33.4 Å². The van der Waals surface area contributed by atoms with Crippen molar-refractivity contribution in [1.82, 2.24) is 0 Å². The fraction of sp³-hybridized carbons (Fsp3) is 0.660. The lowest BCUT2D eigenvalue weighted by molar-refractivity contribution is -0.161. The van der Waals surface area contributed by atoms with Crippen molar-refractivity contribution in [2.45, 2.75) is 174 Å². The molecule has 1 aromatic rings. The van der Waals surface area contributed by atoms with Crippen LogP contribution in [0.1, 0.15) is 152 Å². The number of epoxide rings is 1. The molecule has 0 saturated carbocycles. The second kappa shape index (κ2) is 32.7. The SMILES string of the molecule is CC/C=C\CC1OC1C/C=C\C/C=C\C/C=C\C/C=C\CCC(=O)OC[C@H](COP(=O)(O)OCCN)OC(=O)CCCCCCCCCCc1oc(CCC)c(C)c1C. The van der Waals surface area contributed by atoms with Crippen LogP contribution in [-0.2, 0) is 50.3 Å². The number of unbranched alkanes of at least 4 members (excludes halogenated alkanes) is 7. The van der Waals surface area contributed by atoms with Crippen molar-refractivity contribution >= 4 is 19.8 Å². The predicted octanol–water partition coefficient (Wildman–Crippen LogP) is 11.1. The summed E-state index contributed by atoms with van der Waals surface area (Å²) in [6.45, 7) is 7.72. The van der Waals surface area contributed by atoms with Gasteiger partial charge in [0.1, 0.15) is 18.1 Å². The minimum atomic E-state index is -4.41. The molecule has 1 fully saturated rings. The van der Waals surface area contributed by atoms with Crippen molar-refractivity contribution in [3.05, 3.63) is 83.4 Å². The maximum atomic E-state index is 12.6. The first kappa shape index (κ1) is 52.1. The number of furan rings is 1. The van der Waals surface area contributed by atoms with Crippen LogP contribution in [0.25, 0.3) is 0 Å². The number of carbonyl (C=O) groups excluding carboxylic acids is 2. The maximum absolute atomic E-state index is 12.6. The fourth-order valence-corrected chi connectivity index (χ4v) is 7.16. The van der Waals surface area contributed by atoms with Gasteiger partial charge in [0.15, 0.2) is 6.10 Å². The Morgan fingerprint density at radius 2 is 1.27 bits per heavy atom. The third-order valence-corrected chi connectivity index (χ3v) is 11.0. The molecule has 1 aliphatic rings. The number of esters is 2. The Kier molecular flexibility index (Phi) is 28.9. The van der Waals surface area contributed by atoms with Crippen molar-refractivity contribution in [3.63, 3.8) is 0 Å². The van der Waals surface area contributed by atoms with E-state index in [0.29, 0.717) is 25.0 Å². The normalized spacial score (nSPS) is 17.3. The second-order valence-electron chi connectivity index (χ2n) is 15.2. The first-order chi connectivity index (χ1) is 28.6. The number of hydrogen-bond donors (Lipinski definition) is 2. The van der Waals surface area contributed by atoms with Gasteiger partial charge >= 0.3 is 19.8 Å². The van der Waals surface area contributed by atoms with Gasteiger partial charge < -0.3 is 29.3 Å². The Morgan fingerprint density at radius 1 is 0.712 bits per heavy atom. The standard InChI is InChI=1S/C47H76NO10P/c1-5-7-24-31-44-45(58-44)32-26-21-17-12-10-8-9-11-13-18-22-27-33-46(49)53-37-41(38-55-59(51,52)54-36-35-48)56-47(50)34-28-23-19-15-14-16-20-25-30-43-40(4)39(3)42(57-43)29-6-2/h7,9-12,18,21-22,24,26,41,44-45H,5-6,8,13-17,19-20,23,25,27-38,48H2,1-4H3,(H,51,52)/b11-9-,12-10-,22-18-,24-7-,26-21-/t41-,44?,45?/m1/s1. The number of aryl methyl sites for hydroxylation is 2. The number of phosphoric acid groups is 1. The molecule has 3 N–H and O–H groups in total. The number of allylic oxidation sites excluding steroid dienone is 8. The van der Waals surface area contributed by atoms with Crippen molar-refractivity contribution < 1.29 is 46.7 Å². The maximum Gasteiger partial charge on any atom is 0.472 e. The van der Waals surface area contributed by atoms with Crippen molar-refractivity contribution in [2.75, 3.05) is 26.4 Å². The highest BCUT2D eigenvalue weighted by atomic mass is 31.2. The summed E-state index contributed by atoms with van der Waals surface area (Å²) < 4.78 is 44.6. The highest BCUT2D eigenvalue weighted by molar-refractivity contribution is 7.47. The van der Waals surface area contributed by atoms with Gasteiger partial charge in [0.25, 0.3) is 0 Å². The summed E-state index contributed by atoms with van der Waals surface area (Å²) in [5.41, 5.74) is 7.96. The number of nitrogens with two attached hydrogens (primary N) is 1. The van der Waals surface area contributed by atoms with Crippen molar-refractivity contribution in [1.29, 1.82) is 0 Å². The average Bonchev–Trinajstić information content (AvgIpc) is 3.92. The zero-order chi connectivity index (χ0) is 43.0. The Balaban J connectivity index is 1.58. The van der Waals surface area contributed by atoms with Crippen LogP contribution in [0.2, 0.25) is 0 Å². The molecule has 3 unspecified atom stereocenters. The molecule has 1 aromatic heterocycles. The van der Waals surface area contributed by atoms with E-state index in [9.17, 15) is 19.0 Å². The van der Waals surface area contributed by atoms with Crippen LogP contribution < -0.4 is 5.73 Å². The van der Waals surface area contributed by atoms with Crippen LogP contribution in [0, 0.1) is 13.8 Å². The highest BCUT2D eigenvalue weighted by Gasteiger charge is 2.36. The lowest BCUT2D eigenvalue weighted by Gasteiger charge is -2.19. The Labute approximate surface area is 355 Å². The van der Waals surface area contributed by atoms with Gasteiger partial charge in [-0.25, -0.2) is 4.57 Å². The molecule has 59 heavy (non-hydrogen) atoms. The van der Waals surface area contributed by atoms with Crippen LogP contribution in [0.15, 0.2) is 65.2 Å². The van der Waals surface area contributed by atoms with Crippen LogP contribution in [0.3, 0.4) is 0 Å². The summed E-state index contributed by atoms with van der Waals surface area (Å²) in [5, 5.41) is 0. The van der Waals surface area contributed by atoms with Crippen LogP contribution >= 0.6 is 7.82 Å². The summed E-state index contributed by atoms with van der Waals surface area (Å²) in [6.07, 6.45) is 38.7. The fourth-order valence-electron chi connectivity index (χ4n) is 6.39. The molecule has 2 rings (SSSR count). The third kappa shape index (κ3) is 26.0. The van der Waals surface area contributed by atoms with E-state index in [-0.39, 0.29) is 32.6 Å². The molecule has 4 atom stereocenters. The van der Waals surface area contributed by atoms with Crippen LogP contribution in [0.4, 0.5) is 0 Å². The van der Waals surface area contributed by atoms with Crippen molar-refractivity contribution in [3.8, 4) is 0 Å². The van der Waals surface area contributed by atoms with E-state index in [1.807, 2.05) is 12.2 Å². The summed E-state index contributed by atoms with van der Waals surface area (Å²) >= 11 is 0. The number of carbonyl (C=O) groups is 2. The van der Waals surface area contributed by atoms with Crippen LogP contribution in [0.5, 0.6) is 0 Å². The molecule has 334 valence electrons. The van der Waals surface area contributed by atoms with Gasteiger partial charge in [-0.2, -0.15) is 0 Å². The molecule has 0 bridgehead atoms. The molecule has 2 heterocycles. The number of phosphoric ester groups is 1.